The van der Waals surface area contributed by atoms with Gasteiger partial charge in [0.2, 0.25) is 5.91 Å². The van der Waals surface area contributed by atoms with Gasteiger partial charge in [0.1, 0.15) is 11.8 Å². The number of likely N-dealkylation sites (tertiary alicyclic amines) is 1. The summed E-state index contributed by atoms with van der Waals surface area (Å²) in [7, 11) is 3.61. The van der Waals surface area contributed by atoms with Crippen molar-refractivity contribution in [3.63, 3.8) is 0 Å². The molecule has 1 heterocycles. The van der Waals surface area contributed by atoms with Gasteiger partial charge < -0.3 is 14.4 Å². The van der Waals surface area contributed by atoms with E-state index in [1.807, 2.05) is 36.2 Å². The molecule has 1 saturated heterocycles. The number of likely N-dealkylation sites (N-methyl/N-ethyl adjacent to an activating group) is 1. The molecule has 6 nitrogen and oxygen atoms in total. The second-order valence-electron chi connectivity index (χ2n) is 7.17. The first-order valence-corrected chi connectivity index (χ1v) is 9.75. The summed E-state index contributed by atoms with van der Waals surface area (Å²) >= 11 is 0. The first kappa shape index (κ1) is 21.2. The van der Waals surface area contributed by atoms with Crippen molar-refractivity contribution in [3.05, 3.63) is 29.8 Å². The second-order valence-corrected chi connectivity index (χ2v) is 7.17. The van der Waals surface area contributed by atoms with Crippen LogP contribution in [0.4, 0.5) is 0 Å². The maximum absolute atomic E-state index is 12.8. The molecule has 1 aromatic rings. The summed E-state index contributed by atoms with van der Waals surface area (Å²) in [4.78, 5) is 28.8. The molecular formula is C21H32N2O4. The fraction of sp³-hybridized carbons (Fsp3) is 0.619. The van der Waals surface area contributed by atoms with Gasteiger partial charge in [0, 0.05) is 12.6 Å². The van der Waals surface area contributed by atoms with E-state index >= 15 is 0 Å². The van der Waals surface area contributed by atoms with Crippen molar-refractivity contribution in [2.75, 3.05) is 33.9 Å². The van der Waals surface area contributed by atoms with Gasteiger partial charge in [0.15, 0.2) is 0 Å². The Morgan fingerprint density at radius 1 is 1.26 bits per heavy atom. The molecule has 6 heteroatoms. The van der Waals surface area contributed by atoms with Gasteiger partial charge in [0.05, 0.1) is 20.3 Å². The van der Waals surface area contributed by atoms with Gasteiger partial charge >= 0.3 is 5.97 Å². The Morgan fingerprint density at radius 3 is 2.59 bits per heavy atom. The van der Waals surface area contributed by atoms with Crippen molar-refractivity contribution in [2.45, 2.75) is 51.6 Å². The smallest absolute Gasteiger partial charge is 0.328 e. The Kier molecular flexibility index (Phi) is 8.10. The van der Waals surface area contributed by atoms with Gasteiger partial charge in [-0.05, 0) is 64.3 Å². The molecule has 0 N–H and O–H groups in total. The second kappa shape index (κ2) is 10.3. The van der Waals surface area contributed by atoms with Crippen molar-refractivity contribution in [2.24, 2.45) is 0 Å². The lowest BCUT2D eigenvalue weighted by Gasteiger charge is -2.36. The third-order valence-electron chi connectivity index (χ3n) is 5.21. The SMILES string of the molecule is CCOC(=O)C1CCCCN1C(=O)CN(C)C(C)Cc1ccc(OC)cc1. The summed E-state index contributed by atoms with van der Waals surface area (Å²) in [5.74, 6) is 0.557. The zero-order valence-electron chi connectivity index (χ0n) is 16.9. The van der Waals surface area contributed by atoms with Crippen LogP contribution in [0.25, 0.3) is 0 Å². The molecule has 0 bridgehead atoms. The van der Waals surface area contributed by atoms with Crippen molar-refractivity contribution < 1.29 is 19.1 Å². The minimum atomic E-state index is -0.434. The van der Waals surface area contributed by atoms with E-state index in [4.69, 9.17) is 9.47 Å². The Labute approximate surface area is 162 Å². The van der Waals surface area contributed by atoms with Gasteiger partial charge in [-0.15, -0.1) is 0 Å². The van der Waals surface area contributed by atoms with Gasteiger partial charge in [-0.2, -0.15) is 0 Å². The summed E-state index contributed by atoms with van der Waals surface area (Å²) in [6.07, 6.45) is 3.43. The van der Waals surface area contributed by atoms with Gasteiger partial charge in [0.25, 0.3) is 0 Å². The summed E-state index contributed by atoms with van der Waals surface area (Å²) in [6, 6.07) is 7.76. The third-order valence-corrected chi connectivity index (χ3v) is 5.21. The first-order chi connectivity index (χ1) is 13.0. The number of nitrogens with zero attached hydrogens (tertiary/aromatic N) is 2. The molecule has 1 fully saturated rings. The van der Waals surface area contributed by atoms with E-state index in [0.29, 0.717) is 26.1 Å². The Hall–Kier alpha value is -2.08. The van der Waals surface area contributed by atoms with E-state index in [-0.39, 0.29) is 17.9 Å². The van der Waals surface area contributed by atoms with Crippen LogP contribution in [0.1, 0.15) is 38.7 Å². The minimum Gasteiger partial charge on any atom is -0.497 e. The van der Waals surface area contributed by atoms with E-state index in [1.165, 1.54) is 5.56 Å². The molecule has 1 aliphatic rings. The number of carbonyl (C=O) groups excluding carboxylic acids is 2. The molecule has 0 radical (unpaired) electrons. The first-order valence-electron chi connectivity index (χ1n) is 9.75. The van der Waals surface area contributed by atoms with Crippen molar-refractivity contribution >= 4 is 11.9 Å². The normalized spacial score (nSPS) is 18.3. The molecule has 0 saturated carbocycles. The molecule has 1 amide bonds. The number of amides is 1. The van der Waals surface area contributed by atoms with E-state index in [0.717, 1.165) is 25.0 Å². The zero-order chi connectivity index (χ0) is 19.8. The number of ether oxygens (including phenoxy) is 2. The van der Waals surface area contributed by atoms with Crippen molar-refractivity contribution in [1.82, 2.24) is 9.80 Å². The molecule has 1 aromatic carbocycles. The molecule has 27 heavy (non-hydrogen) atoms. The Morgan fingerprint density at radius 2 is 1.96 bits per heavy atom. The summed E-state index contributed by atoms with van der Waals surface area (Å²) in [5.41, 5.74) is 1.20. The predicted molar refractivity (Wildman–Crippen MR) is 105 cm³/mol. The lowest BCUT2D eigenvalue weighted by Crippen LogP contribution is -2.52. The Balaban J connectivity index is 1.92. The molecule has 0 spiro atoms. The van der Waals surface area contributed by atoms with Crippen LogP contribution >= 0.6 is 0 Å². The highest BCUT2D eigenvalue weighted by molar-refractivity contribution is 5.85. The monoisotopic (exact) mass is 376 g/mol. The number of methoxy groups -OCH3 is 1. The van der Waals surface area contributed by atoms with Crippen LogP contribution in [0, 0.1) is 0 Å². The largest absolute Gasteiger partial charge is 0.497 e. The van der Waals surface area contributed by atoms with Gasteiger partial charge in [-0.25, -0.2) is 4.79 Å². The number of piperidine rings is 1. The van der Waals surface area contributed by atoms with Gasteiger partial charge in [-0.3, -0.25) is 9.69 Å². The minimum absolute atomic E-state index is 0.00293. The molecule has 2 atom stereocenters. The number of hydrogen-bond acceptors (Lipinski definition) is 5. The molecule has 2 rings (SSSR count). The van der Waals surface area contributed by atoms with Crippen LogP contribution in [0.15, 0.2) is 24.3 Å². The molecule has 2 unspecified atom stereocenters. The fourth-order valence-electron chi connectivity index (χ4n) is 3.43. The van der Waals surface area contributed by atoms with Crippen molar-refractivity contribution in [1.29, 1.82) is 0 Å². The van der Waals surface area contributed by atoms with E-state index in [2.05, 4.69) is 6.92 Å². The highest BCUT2D eigenvalue weighted by atomic mass is 16.5. The summed E-state index contributed by atoms with van der Waals surface area (Å²) in [6.45, 7) is 5.17. The van der Waals surface area contributed by atoms with Crippen LogP contribution < -0.4 is 4.74 Å². The zero-order valence-corrected chi connectivity index (χ0v) is 16.9. The topological polar surface area (TPSA) is 59.1 Å². The highest BCUT2D eigenvalue weighted by Gasteiger charge is 2.33. The average molecular weight is 376 g/mol. The number of hydrogen-bond donors (Lipinski definition) is 0. The average Bonchev–Trinajstić information content (AvgIpc) is 2.68. The van der Waals surface area contributed by atoms with E-state index in [1.54, 1.807) is 18.9 Å². The standard InChI is InChI=1S/C21H32N2O4/c1-5-27-21(25)19-8-6-7-13-23(19)20(24)15-22(3)16(2)14-17-9-11-18(26-4)12-10-17/h9-12,16,19H,5-8,13-15H2,1-4H3. The quantitative estimate of drug-likeness (QED) is 0.653. The number of rotatable bonds is 8. The van der Waals surface area contributed by atoms with E-state index < -0.39 is 6.04 Å². The van der Waals surface area contributed by atoms with E-state index in [9.17, 15) is 9.59 Å². The summed E-state index contributed by atoms with van der Waals surface area (Å²) in [5, 5.41) is 0. The summed E-state index contributed by atoms with van der Waals surface area (Å²) < 4.78 is 10.3. The number of benzene rings is 1. The lowest BCUT2D eigenvalue weighted by molar-refractivity contribution is -0.157. The maximum atomic E-state index is 12.8. The third kappa shape index (κ3) is 5.96. The molecule has 0 aliphatic carbocycles. The molecular weight excluding hydrogens is 344 g/mol. The van der Waals surface area contributed by atoms with Crippen LogP contribution in [0.2, 0.25) is 0 Å². The van der Waals surface area contributed by atoms with Crippen molar-refractivity contribution in [3.8, 4) is 5.75 Å². The lowest BCUT2D eigenvalue weighted by atomic mass is 10.0. The maximum Gasteiger partial charge on any atom is 0.328 e. The molecule has 1 aliphatic heterocycles. The van der Waals surface area contributed by atoms with Crippen LogP contribution in [0.5, 0.6) is 5.75 Å². The van der Waals surface area contributed by atoms with Crippen LogP contribution in [-0.2, 0) is 20.7 Å². The number of carbonyl (C=O) groups is 2. The Bertz CT molecular complexity index is 617. The van der Waals surface area contributed by atoms with Crippen LogP contribution in [0.3, 0.4) is 0 Å². The molecule has 150 valence electrons. The molecule has 0 aromatic heterocycles. The van der Waals surface area contributed by atoms with Crippen LogP contribution in [-0.4, -0.2) is 67.6 Å². The fourth-order valence-corrected chi connectivity index (χ4v) is 3.43. The van der Waals surface area contributed by atoms with Gasteiger partial charge in [-0.1, -0.05) is 12.1 Å². The predicted octanol–water partition coefficient (Wildman–Crippen LogP) is 2.50. The number of esters is 1. The highest BCUT2D eigenvalue weighted by Crippen LogP contribution is 2.19.